The molecule has 0 saturated heterocycles. The van der Waals surface area contributed by atoms with Gasteiger partial charge in [-0.1, -0.05) is 24.3 Å². The first-order chi connectivity index (χ1) is 6.91. The quantitative estimate of drug-likeness (QED) is 0.794. The Balaban J connectivity index is 2.92. The summed E-state index contributed by atoms with van der Waals surface area (Å²) in [6.45, 7) is 3.40. The number of carboxylic acids is 1. The molecular formula is C12H16O3. The van der Waals surface area contributed by atoms with Gasteiger partial charge in [0.1, 0.15) is 0 Å². The van der Waals surface area contributed by atoms with Gasteiger partial charge in [-0.15, -0.1) is 0 Å². The van der Waals surface area contributed by atoms with Crippen molar-refractivity contribution in [2.45, 2.75) is 32.3 Å². The van der Waals surface area contributed by atoms with Crippen molar-refractivity contribution in [2.24, 2.45) is 0 Å². The Kier molecular flexibility index (Phi) is 3.48. The number of rotatable bonds is 4. The molecule has 0 fully saturated rings. The molecule has 0 radical (unpaired) electrons. The first-order valence-electron chi connectivity index (χ1n) is 4.94. The third-order valence-corrected chi connectivity index (χ3v) is 2.28. The highest BCUT2D eigenvalue weighted by atomic mass is 16.4. The molecule has 0 aliphatic rings. The molecule has 0 saturated carbocycles. The molecule has 0 heterocycles. The van der Waals surface area contributed by atoms with E-state index in [1.54, 1.807) is 13.8 Å². The van der Waals surface area contributed by atoms with Crippen LogP contribution >= 0.6 is 0 Å². The van der Waals surface area contributed by atoms with E-state index in [4.69, 9.17) is 5.11 Å². The molecule has 1 aromatic rings. The Morgan fingerprint density at radius 1 is 1.33 bits per heavy atom. The van der Waals surface area contributed by atoms with Gasteiger partial charge in [-0.3, -0.25) is 4.79 Å². The molecule has 1 aromatic carbocycles. The van der Waals surface area contributed by atoms with Crippen LogP contribution in [0.1, 0.15) is 31.4 Å². The van der Waals surface area contributed by atoms with Crippen molar-refractivity contribution in [3.05, 3.63) is 35.4 Å². The normalized spacial score (nSPS) is 11.4. The number of aliphatic carboxylic acids is 1. The second-order valence-electron chi connectivity index (χ2n) is 4.11. The third kappa shape index (κ3) is 3.36. The number of hydrogen-bond acceptors (Lipinski definition) is 2. The standard InChI is InChI=1S/C12H16O3/c1-12(2,15)10-6-4-3-5-9(10)7-8-11(13)14/h3-6,15H,7-8H2,1-2H3,(H,13,14). The summed E-state index contributed by atoms with van der Waals surface area (Å²) in [5.74, 6) is -0.819. The van der Waals surface area contributed by atoms with Crippen molar-refractivity contribution in [2.75, 3.05) is 0 Å². The lowest BCUT2D eigenvalue weighted by molar-refractivity contribution is -0.136. The molecular weight excluding hydrogens is 192 g/mol. The van der Waals surface area contributed by atoms with Crippen LogP contribution in [0.4, 0.5) is 0 Å². The highest BCUT2D eigenvalue weighted by Gasteiger charge is 2.19. The van der Waals surface area contributed by atoms with Crippen LogP contribution in [0.25, 0.3) is 0 Å². The van der Waals surface area contributed by atoms with Crippen LogP contribution in [0.2, 0.25) is 0 Å². The molecule has 0 spiro atoms. The molecule has 1 rings (SSSR count). The second-order valence-corrected chi connectivity index (χ2v) is 4.11. The zero-order chi connectivity index (χ0) is 11.5. The molecule has 0 bridgehead atoms. The lowest BCUT2D eigenvalue weighted by Gasteiger charge is -2.21. The topological polar surface area (TPSA) is 57.5 Å². The van der Waals surface area contributed by atoms with Crippen LogP contribution in [0.15, 0.2) is 24.3 Å². The van der Waals surface area contributed by atoms with Crippen LogP contribution in [0.5, 0.6) is 0 Å². The SMILES string of the molecule is CC(C)(O)c1ccccc1CCC(=O)O. The van der Waals surface area contributed by atoms with Crippen LogP contribution in [0, 0.1) is 0 Å². The molecule has 15 heavy (non-hydrogen) atoms. The number of hydrogen-bond donors (Lipinski definition) is 2. The number of carbonyl (C=O) groups is 1. The van der Waals surface area contributed by atoms with Gasteiger partial charge in [0.2, 0.25) is 0 Å². The predicted molar refractivity (Wildman–Crippen MR) is 57.6 cm³/mol. The molecule has 82 valence electrons. The monoisotopic (exact) mass is 208 g/mol. The summed E-state index contributed by atoms with van der Waals surface area (Å²) in [4.78, 5) is 10.5. The Hall–Kier alpha value is -1.35. The van der Waals surface area contributed by atoms with E-state index in [9.17, 15) is 9.90 Å². The fraction of sp³-hybridized carbons (Fsp3) is 0.417. The maximum atomic E-state index is 10.5. The lowest BCUT2D eigenvalue weighted by atomic mass is 9.91. The van der Waals surface area contributed by atoms with Crippen LogP contribution < -0.4 is 0 Å². The van der Waals surface area contributed by atoms with Crippen molar-refractivity contribution < 1.29 is 15.0 Å². The average Bonchev–Trinajstić information content (AvgIpc) is 2.13. The molecule has 3 nitrogen and oxygen atoms in total. The zero-order valence-electron chi connectivity index (χ0n) is 9.03. The van der Waals surface area contributed by atoms with Crippen LogP contribution in [0.3, 0.4) is 0 Å². The van der Waals surface area contributed by atoms with Crippen molar-refractivity contribution in [3.63, 3.8) is 0 Å². The number of benzene rings is 1. The highest BCUT2D eigenvalue weighted by molar-refractivity contribution is 5.67. The van der Waals surface area contributed by atoms with Gasteiger partial charge in [-0.05, 0) is 31.4 Å². The van der Waals surface area contributed by atoms with Gasteiger partial charge < -0.3 is 10.2 Å². The molecule has 3 heteroatoms. The van der Waals surface area contributed by atoms with E-state index in [2.05, 4.69) is 0 Å². The minimum atomic E-state index is -0.922. The van der Waals surface area contributed by atoms with E-state index in [1.165, 1.54) is 0 Å². The van der Waals surface area contributed by atoms with E-state index in [0.29, 0.717) is 6.42 Å². The minimum Gasteiger partial charge on any atom is -0.481 e. The summed E-state index contributed by atoms with van der Waals surface area (Å²) in [6, 6.07) is 7.39. The predicted octanol–water partition coefficient (Wildman–Crippen LogP) is 1.93. The van der Waals surface area contributed by atoms with Gasteiger partial charge in [0.15, 0.2) is 0 Å². The molecule has 0 aliphatic carbocycles. The lowest BCUT2D eigenvalue weighted by Crippen LogP contribution is -2.18. The van der Waals surface area contributed by atoms with Crippen molar-refractivity contribution in [1.29, 1.82) is 0 Å². The molecule has 2 N–H and O–H groups in total. The Morgan fingerprint density at radius 2 is 1.93 bits per heavy atom. The second kappa shape index (κ2) is 4.45. The summed E-state index contributed by atoms with van der Waals surface area (Å²) in [5.41, 5.74) is 0.772. The summed E-state index contributed by atoms with van der Waals surface area (Å²) in [7, 11) is 0. The summed E-state index contributed by atoms with van der Waals surface area (Å²) in [6.07, 6.45) is 0.544. The first-order valence-corrected chi connectivity index (χ1v) is 4.94. The average molecular weight is 208 g/mol. The number of aryl methyl sites for hydroxylation is 1. The van der Waals surface area contributed by atoms with Gasteiger partial charge in [-0.25, -0.2) is 0 Å². The largest absolute Gasteiger partial charge is 0.481 e. The highest BCUT2D eigenvalue weighted by Crippen LogP contribution is 2.24. The van der Waals surface area contributed by atoms with Crippen molar-refractivity contribution >= 4 is 5.97 Å². The van der Waals surface area contributed by atoms with E-state index in [-0.39, 0.29) is 6.42 Å². The molecule has 0 aliphatic heterocycles. The van der Waals surface area contributed by atoms with E-state index in [0.717, 1.165) is 11.1 Å². The Morgan fingerprint density at radius 3 is 2.47 bits per heavy atom. The number of carboxylic acid groups (broad SMARTS) is 1. The summed E-state index contributed by atoms with van der Waals surface area (Å²) < 4.78 is 0. The maximum Gasteiger partial charge on any atom is 0.303 e. The third-order valence-electron chi connectivity index (χ3n) is 2.28. The van der Waals surface area contributed by atoms with Crippen LogP contribution in [-0.4, -0.2) is 16.2 Å². The molecule has 0 amide bonds. The smallest absolute Gasteiger partial charge is 0.303 e. The minimum absolute atomic E-state index is 0.0904. The van der Waals surface area contributed by atoms with Gasteiger partial charge in [0.25, 0.3) is 0 Å². The van der Waals surface area contributed by atoms with E-state index in [1.807, 2.05) is 24.3 Å². The zero-order valence-corrected chi connectivity index (χ0v) is 9.03. The van der Waals surface area contributed by atoms with Gasteiger partial charge >= 0.3 is 5.97 Å². The fourth-order valence-corrected chi connectivity index (χ4v) is 1.58. The van der Waals surface area contributed by atoms with Crippen molar-refractivity contribution in [3.8, 4) is 0 Å². The van der Waals surface area contributed by atoms with E-state index < -0.39 is 11.6 Å². The summed E-state index contributed by atoms with van der Waals surface area (Å²) in [5, 5.41) is 18.5. The Bertz CT molecular complexity index is 350. The molecule has 0 aromatic heterocycles. The van der Waals surface area contributed by atoms with Crippen molar-refractivity contribution in [1.82, 2.24) is 0 Å². The first kappa shape index (κ1) is 11.7. The van der Waals surface area contributed by atoms with Gasteiger partial charge in [0, 0.05) is 6.42 Å². The Labute approximate surface area is 89.4 Å². The maximum absolute atomic E-state index is 10.5. The fourth-order valence-electron chi connectivity index (χ4n) is 1.58. The summed E-state index contributed by atoms with van der Waals surface area (Å²) >= 11 is 0. The van der Waals surface area contributed by atoms with E-state index >= 15 is 0 Å². The molecule has 0 atom stereocenters. The van der Waals surface area contributed by atoms with Gasteiger partial charge in [0.05, 0.1) is 5.60 Å². The van der Waals surface area contributed by atoms with Crippen LogP contribution in [-0.2, 0) is 16.8 Å². The number of aliphatic hydroxyl groups is 1. The van der Waals surface area contributed by atoms with Gasteiger partial charge in [-0.2, -0.15) is 0 Å². The molecule has 0 unspecified atom stereocenters.